The molecule has 6 nitrogen and oxygen atoms in total. The van der Waals surface area contributed by atoms with Crippen LogP contribution in [0.4, 0.5) is 5.69 Å². The summed E-state index contributed by atoms with van der Waals surface area (Å²) < 4.78 is 5.18. The van der Waals surface area contributed by atoms with E-state index >= 15 is 0 Å². The molecule has 0 saturated heterocycles. The van der Waals surface area contributed by atoms with Crippen LogP contribution in [0.5, 0.6) is 0 Å². The van der Waals surface area contributed by atoms with Gasteiger partial charge >= 0.3 is 0 Å². The molecule has 0 unspecified atom stereocenters. The molecule has 0 radical (unpaired) electrons. The van der Waals surface area contributed by atoms with E-state index in [2.05, 4.69) is 16.0 Å². The van der Waals surface area contributed by atoms with Gasteiger partial charge in [-0.05, 0) is 60.7 Å². The van der Waals surface area contributed by atoms with E-state index in [0.29, 0.717) is 27.1 Å². The molecule has 1 heterocycles. The molecular formula is C20H15Cl2N3O3S. The minimum absolute atomic E-state index is 0.0687. The first-order valence-corrected chi connectivity index (χ1v) is 9.56. The van der Waals surface area contributed by atoms with Gasteiger partial charge in [0.2, 0.25) is 0 Å². The number of nitrogens with one attached hydrogen (secondary N) is 3. The van der Waals surface area contributed by atoms with Crippen LogP contribution in [0, 0.1) is 0 Å². The minimum atomic E-state index is -0.459. The number of benzene rings is 2. The number of carbonyl (C=O) groups is 2. The van der Waals surface area contributed by atoms with Crippen molar-refractivity contribution in [1.29, 1.82) is 0 Å². The van der Waals surface area contributed by atoms with E-state index in [0.717, 1.165) is 0 Å². The molecule has 0 aliphatic rings. The fourth-order valence-electron chi connectivity index (χ4n) is 2.44. The van der Waals surface area contributed by atoms with Gasteiger partial charge in [-0.25, -0.2) is 0 Å². The highest BCUT2D eigenvalue weighted by atomic mass is 35.5. The number of furan rings is 1. The van der Waals surface area contributed by atoms with Crippen LogP contribution in [0.15, 0.2) is 65.3 Å². The zero-order chi connectivity index (χ0) is 20.8. The molecule has 0 aliphatic heterocycles. The molecule has 29 heavy (non-hydrogen) atoms. The summed E-state index contributed by atoms with van der Waals surface area (Å²) in [5.74, 6) is -0.0783. The number of halogens is 2. The molecule has 3 aromatic rings. The third-order valence-electron chi connectivity index (χ3n) is 3.74. The Bertz CT molecular complexity index is 1030. The van der Waals surface area contributed by atoms with Crippen LogP contribution >= 0.6 is 35.4 Å². The Balaban J connectivity index is 1.59. The first kappa shape index (κ1) is 20.9. The first-order chi connectivity index (χ1) is 13.9. The highest BCUT2D eigenvalue weighted by Gasteiger charge is 2.11. The Kier molecular flexibility index (Phi) is 6.87. The summed E-state index contributed by atoms with van der Waals surface area (Å²) in [6.07, 6.45) is 1.54. The average Bonchev–Trinajstić information content (AvgIpc) is 3.19. The maximum absolute atomic E-state index is 12.3. The highest BCUT2D eigenvalue weighted by Crippen LogP contribution is 2.19. The molecular weight excluding hydrogens is 433 g/mol. The summed E-state index contributed by atoms with van der Waals surface area (Å²) in [6, 6.07) is 14.7. The van der Waals surface area contributed by atoms with Gasteiger partial charge in [0.25, 0.3) is 11.8 Å². The lowest BCUT2D eigenvalue weighted by atomic mass is 10.2. The van der Waals surface area contributed by atoms with Crippen LogP contribution in [-0.4, -0.2) is 16.9 Å². The molecule has 0 fully saturated rings. The number of anilines is 1. The minimum Gasteiger partial charge on any atom is -0.467 e. The normalized spacial score (nSPS) is 10.3. The van der Waals surface area contributed by atoms with Gasteiger partial charge in [-0.15, -0.1) is 0 Å². The smallest absolute Gasteiger partial charge is 0.257 e. The zero-order valence-corrected chi connectivity index (χ0v) is 17.2. The molecule has 3 rings (SSSR count). The molecule has 3 N–H and O–H groups in total. The summed E-state index contributed by atoms with van der Waals surface area (Å²) in [5.41, 5.74) is 1.25. The summed E-state index contributed by atoms with van der Waals surface area (Å²) >= 11 is 17.0. The largest absolute Gasteiger partial charge is 0.467 e. The van der Waals surface area contributed by atoms with E-state index in [4.69, 9.17) is 39.8 Å². The quantitative estimate of drug-likeness (QED) is 0.496. The standard InChI is InChI=1S/C20H15Cl2N3O3S/c21-14-7-13(8-15(22)10-14)19(27)25-20(29)24-16-4-1-3-12(9-16)18(26)23-11-17-5-2-6-28-17/h1-10H,11H2,(H,23,26)(H2,24,25,27,29). The topological polar surface area (TPSA) is 83.4 Å². The Labute approximate surface area is 182 Å². The maximum atomic E-state index is 12.3. The van der Waals surface area contributed by atoms with Crippen LogP contribution in [-0.2, 0) is 6.54 Å². The lowest BCUT2D eigenvalue weighted by Crippen LogP contribution is -2.34. The van der Waals surface area contributed by atoms with Gasteiger partial charge in [0.05, 0.1) is 12.8 Å². The third-order valence-corrected chi connectivity index (χ3v) is 4.38. The number of rotatable bonds is 5. The molecule has 1 aromatic heterocycles. The van der Waals surface area contributed by atoms with Crippen molar-refractivity contribution < 1.29 is 14.0 Å². The van der Waals surface area contributed by atoms with Crippen molar-refractivity contribution in [2.24, 2.45) is 0 Å². The Hall–Kier alpha value is -2.87. The summed E-state index contributed by atoms with van der Waals surface area (Å²) in [5, 5.41) is 8.93. The second-order valence-corrected chi connectivity index (χ2v) is 7.19. The van der Waals surface area contributed by atoms with Crippen LogP contribution in [0.2, 0.25) is 10.0 Å². The molecule has 2 amide bonds. The van der Waals surface area contributed by atoms with Crippen LogP contribution in [0.3, 0.4) is 0 Å². The van der Waals surface area contributed by atoms with Crippen molar-refractivity contribution in [1.82, 2.24) is 10.6 Å². The van der Waals surface area contributed by atoms with Gasteiger partial charge in [-0.3, -0.25) is 14.9 Å². The lowest BCUT2D eigenvalue weighted by molar-refractivity contribution is 0.0946. The predicted molar refractivity (Wildman–Crippen MR) is 116 cm³/mol. The summed E-state index contributed by atoms with van der Waals surface area (Å²) in [6.45, 7) is 0.278. The molecule has 0 spiro atoms. The van der Waals surface area contributed by atoms with Gasteiger partial charge in [0.1, 0.15) is 5.76 Å². The Morgan fingerprint density at radius 2 is 1.69 bits per heavy atom. The second kappa shape index (κ2) is 9.56. The summed E-state index contributed by atoms with van der Waals surface area (Å²) in [4.78, 5) is 24.6. The maximum Gasteiger partial charge on any atom is 0.257 e. The molecule has 0 aliphatic carbocycles. The van der Waals surface area contributed by atoms with Crippen LogP contribution in [0.25, 0.3) is 0 Å². The molecule has 0 bridgehead atoms. The van der Waals surface area contributed by atoms with E-state index in [-0.39, 0.29) is 23.1 Å². The lowest BCUT2D eigenvalue weighted by Gasteiger charge is -2.11. The predicted octanol–water partition coefficient (Wildman–Crippen LogP) is 4.64. The van der Waals surface area contributed by atoms with Crippen molar-refractivity contribution in [3.8, 4) is 0 Å². The van der Waals surface area contributed by atoms with Crippen molar-refractivity contribution >= 4 is 58.0 Å². The van der Waals surface area contributed by atoms with Gasteiger partial charge in [-0.2, -0.15) is 0 Å². The second-order valence-electron chi connectivity index (χ2n) is 5.91. The fraction of sp³-hybridized carbons (Fsp3) is 0.0500. The number of thiocarbonyl (C=S) groups is 1. The molecule has 0 saturated carbocycles. The number of amides is 2. The van der Waals surface area contributed by atoms with Crippen molar-refractivity contribution in [3.05, 3.63) is 87.8 Å². The third kappa shape index (κ3) is 6.05. The molecule has 0 atom stereocenters. The Morgan fingerprint density at radius 1 is 0.931 bits per heavy atom. The number of carbonyl (C=O) groups excluding carboxylic acids is 2. The number of hydrogen-bond acceptors (Lipinski definition) is 4. The van der Waals surface area contributed by atoms with E-state index < -0.39 is 5.91 Å². The molecule has 9 heteroatoms. The van der Waals surface area contributed by atoms with E-state index in [1.165, 1.54) is 18.2 Å². The first-order valence-electron chi connectivity index (χ1n) is 8.40. The van der Waals surface area contributed by atoms with Gasteiger partial charge in [0.15, 0.2) is 5.11 Å². The van der Waals surface area contributed by atoms with E-state index in [9.17, 15) is 9.59 Å². The van der Waals surface area contributed by atoms with Crippen molar-refractivity contribution in [2.45, 2.75) is 6.54 Å². The van der Waals surface area contributed by atoms with Gasteiger partial charge in [-0.1, -0.05) is 29.3 Å². The van der Waals surface area contributed by atoms with E-state index in [1.54, 1.807) is 42.7 Å². The molecule has 2 aromatic carbocycles. The Morgan fingerprint density at radius 3 is 2.38 bits per heavy atom. The summed E-state index contributed by atoms with van der Waals surface area (Å²) in [7, 11) is 0. The van der Waals surface area contributed by atoms with Crippen LogP contribution < -0.4 is 16.0 Å². The SMILES string of the molecule is O=C(NCc1ccco1)c1cccc(NC(=S)NC(=O)c2cc(Cl)cc(Cl)c2)c1. The van der Waals surface area contributed by atoms with Gasteiger partial charge < -0.3 is 15.1 Å². The highest BCUT2D eigenvalue weighted by molar-refractivity contribution is 7.80. The van der Waals surface area contributed by atoms with Crippen LogP contribution in [0.1, 0.15) is 26.5 Å². The van der Waals surface area contributed by atoms with Crippen molar-refractivity contribution in [3.63, 3.8) is 0 Å². The molecule has 148 valence electrons. The average molecular weight is 448 g/mol. The van der Waals surface area contributed by atoms with E-state index in [1.807, 2.05) is 0 Å². The monoisotopic (exact) mass is 447 g/mol. The van der Waals surface area contributed by atoms with Gasteiger partial charge in [0, 0.05) is 26.9 Å². The van der Waals surface area contributed by atoms with Crippen molar-refractivity contribution in [2.75, 3.05) is 5.32 Å². The fourth-order valence-corrected chi connectivity index (χ4v) is 3.18. The zero-order valence-electron chi connectivity index (χ0n) is 14.9. The number of hydrogen-bond donors (Lipinski definition) is 3.